The standard InChI is InChI=1S/C22H24F5N3O4S/c1-5-33-18-13(6-7-14(23)17(18)24)16-11(2)21(3,22(25,26)27)34-19(16)20(31)30-12-8-9-29-15(10-12)35(4,28)32/h6-11,16,19,28H,5H2,1-4H3,(H,29,30,31)/t11-,16-,19+,21+,35+/m0/s1. The smallest absolute Gasteiger partial charge is 0.417 e. The Kier molecular flexibility index (Phi) is 7.15. The number of alkyl halides is 3. The molecule has 2 heterocycles. The van der Waals surface area contributed by atoms with Gasteiger partial charge < -0.3 is 14.8 Å². The van der Waals surface area contributed by atoms with Gasteiger partial charge in [-0.25, -0.2) is 18.4 Å². The number of anilines is 1. The van der Waals surface area contributed by atoms with Crippen LogP contribution in [0.25, 0.3) is 0 Å². The van der Waals surface area contributed by atoms with Gasteiger partial charge in [0.05, 0.1) is 16.3 Å². The first-order valence-corrected chi connectivity index (χ1v) is 12.4. The number of hydrogen-bond acceptors (Lipinski definition) is 6. The maximum Gasteiger partial charge on any atom is 0.417 e. The van der Waals surface area contributed by atoms with Crippen molar-refractivity contribution in [3.63, 3.8) is 0 Å². The quantitative estimate of drug-likeness (QED) is 0.528. The van der Waals surface area contributed by atoms with Crippen LogP contribution in [0.3, 0.4) is 0 Å². The molecule has 1 aliphatic heterocycles. The van der Waals surface area contributed by atoms with E-state index in [1.54, 1.807) is 0 Å². The highest BCUT2D eigenvalue weighted by atomic mass is 32.2. The van der Waals surface area contributed by atoms with E-state index in [4.69, 9.17) is 14.3 Å². The van der Waals surface area contributed by atoms with Gasteiger partial charge in [-0.2, -0.15) is 17.6 Å². The second-order valence-corrected chi connectivity index (χ2v) is 10.5. The molecule has 13 heteroatoms. The molecule has 1 saturated heterocycles. The first-order chi connectivity index (χ1) is 16.1. The van der Waals surface area contributed by atoms with Crippen molar-refractivity contribution in [3.05, 3.63) is 47.7 Å². The number of carbonyl (C=O) groups is 1. The Balaban J connectivity index is 2.10. The molecule has 0 radical (unpaired) electrons. The van der Waals surface area contributed by atoms with Gasteiger partial charge in [-0.3, -0.25) is 4.79 Å². The fourth-order valence-electron chi connectivity index (χ4n) is 4.04. The Hall–Kier alpha value is -2.80. The molecule has 2 aromatic rings. The summed E-state index contributed by atoms with van der Waals surface area (Å²) in [5.74, 6) is -7.02. The molecule has 0 aliphatic carbocycles. The summed E-state index contributed by atoms with van der Waals surface area (Å²) < 4.78 is 101. The maximum absolute atomic E-state index is 14.6. The van der Waals surface area contributed by atoms with E-state index in [1.807, 2.05) is 0 Å². The van der Waals surface area contributed by atoms with E-state index < -0.39 is 62.7 Å². The van der Waals surface area contributed by atoms with E-state index in [2.05, 4.69) is 10.3 Å². The van der Waals surface area contributed by atoms with Crippen LogP contribution in [0.15, 0.2) is 35.5 Å². The highest BCUT2D eigenvalue weighted by molar-refractivity contribution is 7.91. The summed E-state index contributed by atoms with van der Waals surface area (Å²) in [5, 5.41) is 2.25. The van der Waals surface area contributed by atoms with Gasteiger partial charge in [0.25, 0.3) is 5.91 Å². The van der Waals surface area contributed by atoms with E-state index >= 15 is 0 Å². The van der Waals surface area contributed by atoms with E-state index in [9.17, 15) is 31.0 Å². The first-order valence-electron chi connectivity index (χ1n) is 10.5. The van der Waals surface area contributed by atoms with E-state index in [0.717, 1.165) is 31.4 Å². The SMILES string of the molecule is CCOc1c([C@H]2[C@H](C(=O)Nc3ccnc([S@](C)(=N)=O)c3)O[C@@](C)(C(F)(F)F)[C@H]2C)ccc(F)c1F. The zero-order chi connectivity index (χ0) is 26.3. The molecule has 2 N–H and O–H groups in total. The number of amides is 1. The molecule has 3 rings (SSSR count). The lowest BCUT2D eigenvalue weighted by Gasteiger charge is -2.32. The van der Waals surface area contributed by atoms with Gasteiger partial charge in [-0.05, 0) is 32.0 Å². The predicted molar refractivity (Wildman–Crippen MR) is 117 cm³/mol. The van der Waals surface area contributed by atoms with Gasteiger partial charge >= 0.3 is 6.18 Å². The number of hydrogen-bond donors (Lipinski definition) is 2. The van der Waals surface area contributed by atoms with E-state index in [1.165, 1.54) is 26.1 Å². The Morgan fingerprint density at radius 1 is 1.31 bits per heavy atom. The molecular formula is C22H24F5N3O4S. The minimum absolute atomic E-state index is 0.0211. The lowest BCUT2D eigenvalue weighted by Crippen LogP contribution is -2.47. The number of pyridine rings is 1. The van der Waals surface area contributed by atoms with Crippen molar-refractivity contribution in [2.24, 2.45) is 5.92 Å². The highest BCUT2D eigenvalue weighted by Crippen LogP contribution is 2.55. The molecule has 1 aromatic carbocycles. The van der Waals surface area contributed by atoms with E-state index in [0.29, 0.717) is 0 Å². The van der Waals surface area contributed by atoms with Crippen LogP contribution >= 0.6 is 0 Å². The molecule has 0 bridgehead atoms. The Bertz CT molecular complexity index is 1240. The molecule has 5 atom stereocenters. The normalized spacial score (nSPS) is 26.3. The zero-order valence-corrected chi connectivity index (χ0v) is 20.0. The highest BCUT2D eigenvalue weighted by Gasteiger charge is 2.65. The molecule has 1 amide bonds. The molecule has 1 fully saturated rings. The number of ether oxygens (including phenoxy) is 2. The third kappa shape index (κ3) is 4.96. The minimum atomic E-state index is -4.90. The second-order valence-electron chi connectivity index (χ2n) is 8.39. The number of benzene rings is 1. The number of halogens is 5. The molecule has 7 nitrogen and oxygen atoms in total. The molecule has 0 unspecified atom stereocenters. The number of carbonyl (C=O) groups excluding carboxylic acids is 1. The fourth-order valence-corrected chi connectivity index (χ4v) is 4.65. The summed E-state index contributed by atoms with van der Waals surface area (Å²) in [6, 6.07) is 4.28. The molecule has 192 valence electrons. The van der Waals surface area contributed by atoms with Gasteiger partial charge in [0.2, 0.25) is 5.82 Å². The lowest BCUT2D eigenvalue weighted by molar-refractivity contribution is -0.272. The summed E-state index contributed by atoms with van der Waals surface area (Å²) in [6.07, 6.45) is -4.38. The van der Waals surface area contributed by atoms with Crippen molar-refractivity contribution in [2.45, 2.75) is 49.6 Å². The van der Waals surface area contributed by atoms with Crippen LogP contribution in [0, 0.1) is 22.3 Å². The van der Waals surface area contributed by atoms with Crippen LogP contribution in [0.5, 0.6) is 5.75 Å². The maximum atomic E-state index is 14.6. The average molecular weight is 522 g/mol. The zero-order valence-electron chi connectivity index (χ0n) is 19.2. The summed E-state index contributed by atoms with van der Waals surface area (Å²) in [7, 11) is -3.24. The van der Waals surface area contributed by atoms with Crippen LogP contribution in [0.1, 0.15) is 32.3 Å². The van der Waals surface area contributed by atoms with Crippen LogP contribution in [-0.2, 0) is 19.3 Å². The van der Waals surface area contributed by atoms with Crippen molar-refractivity contribution in [1.82, 2.24) is 4.98 Å². The van der Waals surface area contributed by atoms with Crippen molar-refractivity contribution in [1.29, 1.82) is 4.78 Å². The largest absolute Gasteiger partial charge is 0.490 e. The first kappa shape index (κ1) is 26.8. The topological polar surface area (TPSA) is 101 Å². The number of rotatable bonds is 6. The molecule has 1 aromatic heterocycles. The molecule has 0 spiro atoms. The Labute approximate surface area is 199 Å². The van der Waals surface area contributed by atoms with Crippen LogP contribution < -0.4 is 10.1 Å². The number of nitrogens with one attached hydrogen (secondary N) is 2. The second kappa shape index (κ2) is 9.34. The Morgan fingerprint density at radius 3 is 2.54 bits per heavy atom. The van der Waals surface area contributed by atoms with Crippen molar-refractivity contribution < 1.29 is 40.4 Å². The monoisotopic (exact) mass is 521 g/mol. The van der Waals surface area contributed by atoms with Gasteiger partial charge in [0.15, 0.2) is 17.2 Å². The average Bonchev–Trinajstić information content (AvgIpc) is 3.03. The molecule has 0 saturated carbocycles. The van der Waals surface area contributed by atoms with Gasteiger partial charge in [-0.15, -0.1) is 0 Å². The molecular weight excluding hydrogens is 497 g/mol. The van der Waals surface area contributed by atoms with Gasteiger partial charge in [-0.1, -0.05) is 13.0 Å². The summed E-state index contributed by atoms with van der Waals surface area (Å²) in [6.45, 7) is 3.38. The van der Waals surface area contributed by atoms with Crippen LogP contribution in [0.4, 0.5) is 27.6 Å². The van der Waals surface area contributed by atoms with Crippen LogP contribution in [0.2, 0.25) is 0 Å². The van der Waals surface area contributed by atoms with Crippen molar-refractivity contribution in [2.75, 3.05) is 18.2 Å². The van der Waals surface area contributed by atoms with Crippen LogP contribution in [-0.4, -0.2) is 45.8 Å². The molecule has 1 aliphatic rings. The lowest BCUT2D eigenvalue weighted by atomic mass is 9.77. The third-order valence-corrected chi connectivity index (χ3v) is 7.08. The summed E-state index contributed by atoms with van der Waals surface area (Å²) >= 11 is 0. The van der Waals surface area contributed by atoms with Crippen molar-refractivity contribution >= 4 is 21.3 Å². The van der Waals surface area contributed by atoms with Gasteiger partial charge in [0.1, 0.15) is 11.1 Å². The fraction of sp³-hybridized carbons (Fsp3) is 0.455. The van der Waals surface area contributed by atoms with E-state index in [-0.39, 0.29) is 22.9 Å². The summed E-state index contributed by atoms with van der Waals surface area (Å²) in [4.78, 5) is 17.0. The van der Waals surface area contributed by atoms with Crippen molar-refractivity contribution in [3.8, 4) is 5.75 Å². The third-order valence-electron chi connectivity index (χ3n) is 6.06. The van der Waals surface area contributed by atoms with Gasteiger partial charge in [0, 0.05) is 35.5 Å². The number of aromatic nitrogens is 1. The molecule has 35 heavy (non-hydrogen) atoms. The number of nitrogens with zero attached hydrogens (tertiary/aromatic N) is 1. The minimum Gasteiger partial charge on any atom is -0.490 e. The predicted octanol–water partition coefficient (Wildman–Crippen LogP) is 4.87. The summed E-state index contributed by atoms with van der Waals surface area (Å²) in [5.41, 5.74) is -2.92. The Morgan fingerprint density at radius 2 is 1.97 bits per heavy atom.